The molecule has 0 saturated heterocycles. The molecular weight excluding hydrogens is 435 g/mol. The average molecular weight is 453 g/mol. The molecule has 0 aliphatic carbocycles. The molecule has 0 saturated carbocycles. The summed E-state index contributed by atoms with van der Waals surface area (Å²) in [6, 6.07) is 3.61. The number of ether oxygens (including phenoxy) is 2. The van der Waals surface area contributed by atoms with Crippen LogP contribution in [0.5, 0.6) is 11.6 Å². The smallest absolute Gasteiger partial charge is 0.355 e. The number of aliphatic hydroxyl groups excluding tert-OH is 1. The van der Waals surface area contributed by atoms with Crippen LogP contribution in [0.2, 0.25) is 0 Å². The zero-order valence-electron chi connectivity index (χ0n) is 15.5. The van der Waals surface area contributed by atoms with Crippen molar-refractivity contribution in [2.75, 3.05) is 25.2 Å². The number of nitrogens with one attached hydrogen (secondary N) is 1. The lowest BCUT2D eigenvalue weighted by molar-refractivity contribution is 0.236. The molecule has 2 aromatic rings. The summed E-state index contributed by atoms with van der Waals surface area (Å²) in [6.45, 7) is -0.426. The summed E-state index contributed by atoms with van der Waals surface area (Å²) in [5.74, 6) is -5.04. The Morgan fingerprint density at radius 1 is 1.24 bits per heavy atom. The van der Waals surface area contributed by atoms with Crippen LogP contribution >= 0.6 is 11.8 Å². The Kier molecular flexibility index (Phi) is 7.54. The fraction of sp³-hybridized carbons (Fsp3) is 0.375. The van der Waals surface area contributed by atoms with Crippen molar-refractivity contribution >= 4 is 27.5 Å². The largest absolute Gasteiger partial charge is 0.492 e. The van der Waals surface area contributed by atoms with Crippen LogP contribution in [0, 0.1) is 5.82 Å². The van der Waals surface area contributed by atoms with Crippen molar-refractivity contribution in [2.24, 2.45) is 0 Å². The normalized spacial score (nSPS) is 12.7. The predicted octanol–water partition coefficient (Wildman–Crippen LogP) is 2.54. The molecule has 0 fully saturated rings. The van der Waals surface area contributed by atoms with Crippen LogP contribution in [0.3, 0.4) is 0 Å². The molecule has 0 spiro atoms. The van der Waals surface area contributed by atoms with Crippen molar-refractivity contribution < 1.29 is 36.2 Å². The molecule has 160 valence electrons. The van der Waals surface area contributed by atoms with Crippen LogP contribution < -0.4 is 14.2 Å². The second-order valence-electron chi connectivity index (χ2n) is 5.49. The third-order valence-corrected chi connectivity index (χ3v) is 5.62. The summed E-state index contributed by atoms with van der Waals surface area (Å²) in [5, 5.41) is 8.56. The van der Waals surface area contributed by atoms with E-state index < -0.39 is 44.9 Å². The zero-order chi connectivity index (χ0) is 21.8. The van der Waals surface area contributed by atoms with E-state index in [2.05, 4.69) is 9.97 Å². The summed E-state index contributed by atoms with van der Waals surface area (Å²) < 4.78 is 75.2. The zero-order valence-corrected chi connectivity index (χ0v) is 17.2. The topological polar surface area (TPSA) is 111 Å². The van der Waals surface area contributed by atoms with E-state index in [1.165, 1.54) is 19.2 Å². The predicted molar refractivity (Wildman–Crippen MR) is 101 cm³/mol. The number of hydrogen-bond donors (Lipinski definition) is 2. The van der Waals surface area contributed by atoms with Gasteiger partial charge < -0.3 is 14.6 Å². The Morgan fingerprint density at radius 3 is 2.45 bits per heavy atom. The Balaban J connectivity index is 2.71. The first kappa shape index (κ1) is 23.0. The third-order valence-electron chi connectivity index (χ3n) is 3.72. The van der Waals surface area contributed by atoms with Crippen LogP contribution in [-0.2, 0) is 16.6 Å². The van der Waals surface area contributed by atoms with Crippen molar-refractivity contribution in [2.45, 2.75) is 17.6 Å². The van der Waals surface area contributed by atoms with E-state index in [0.29, 0.717) is 0 Å². The third kappa shape index (κ3) is 5.03. The molecule has 0 bridgehead atoms. The van der Waals surface area contributed by atoms with Gasteiger partial charge in [-0.1, -0.05) is 6.07 Å². The molecule has 1 unspecified atom stereocenters. The van der Waals surface area contributed by atoms with Crippen molar-refractivity contribution in [3.63, 3.8) is 0 Å². The second-order valence-corrected chi connectivity index (χ2v) is 8.08. The van der Waals surface area contributed by atoms with E-state index in [9.17, 15) is 26.7 Å². The number of anilines is 1. The van der Waals surface area contributed by atoms with Gasteiger partial charge in [0.05, 0.1) is 37.5 Å². The number of thioether (sulfide) groups is 1. The number of sulfonamides is 1. The molecule has 13 heteroatoms. The van der Waals surface area contributed by atoms with Gasteiger partial charge in [-0.05, 0) is 12.3 Å². The Bertz CT molecular complexity index is 954. The Morgan fingerprint density at radius 2 is 1.93 bits per heavy atom. The van der Waals surface area contributed by atoms with E-state index in [1.807, 2.05) is 0 Å². The van der Waals surface area contributed by atoms with Gasteiger partial charge >= 0.3 is 5.76 Å². The molecule has 8 nitrogen and oxygen atoms in total. The fourth-order valence-electron chi connectivity index (χ4n) is 2.45. The number of alkyl halides is 2. The van der Waals surface area contributed by atoms with E-state index in [4.69, 9.17) is 9.47 Å². The molecule has 2 N–H and O–H groups in total. The minimum Gasteiger partial charge on any atom is -0.492 e. The van der Waals surface area contributed by atoms with Crippen molar-refractivity contribution in [1.82, 2.24) is 9.97 Å². The maximum Gasteiger partial charge on any atom is 0.355 e. The summed E-state index contributed by atoms with van der Waals surface area (Å²) in [6.07, 6.45) is 1.63. The summed E-state index contributed by atoms with van der Waals surface area (Å²) in [4.78, 5) is 8.35. The number of nitrogens with zero attached hydrogens (tertiary/aromatic N) is 2. The molecule has 1 aromatic heterocycles. The number of benzene rings is 1. The first-order chi connectivity index (χ1) is 13.7. The SMILES string of the molecule is COc1cc(CO)nc(C(SC)c2ccc(F)c(OC)c2NS(=O)(=O)C(F)F)n1. The van der Waals surface area contributed by atoms with Crippen molar-refractivity contribution in [3.8, 4) is 11.6 Å². The van der Waals surface area contributed by atoms with Crippen LogP contribution in [0.1, 0.15) is 22.3 Å². The summed E-state index contributed by atoms with van der Waals surface area (Å²) in [5.41, 5.74) is -0.198. The minimum atomic E-state index is -5.12. The maximum atomic E-state index is 14.2. The monoisotopic (exact) mass is 453 g/mol. The van der Waals surface area contributed by atoms with Gasteiger partial charge in [0.1, 0.15) is 5.82 Å². The quantitative estimate of drug-likeness (QED) is 0.596. The van der Waals surface area contributed by atoms with Crippen LogP contribution in [0.15, 0.2) is 18.2 Å². The molecule has 0 aliphatic heterocycles. The Hall–Kier alpha value is -2.25. The average Bonchev–Trinajstić information content (AvgIpc) is 2.69. The first-order valence-electron chi connectivity index (χ1n) is 7.90. The Labute approximate surface area is 169 Å². The summed E-state index contributed by atoms with van der Waals surface area (Å²) >= 11 is 1.13. The van der Waals surface area contributed by atoms with Gasteiger partial charge in [-0.3, -0.25) is 4.72 Å². The van der Waals surface area contributed by atoms with E-state index in [1.54, 1.807) is 11.0 Å². The molecular formula is C16H18F3N3O5S2. The number of aliphatic hydroxyl groups is 1. The number of aromatic nitrogens is 2. The number of rotatable bonds is 9. The first-order valence-corrected chi connectivity index (χ1v) is 10.7. The van der Waals surface area contributed by atoms with Gasteiger partial charge in [-0.15, -0.1) is 11.8 Å². The van der Waals surface area contributed by atoms with Crippen molar-refractivity contribution in [3.05, 3.63) is 41.1 Å². The van der Waals surface area contributed by atoms with Gasteiger partial charge in [0.2, 0.25) is 5.88 Å². The number of methoxy groups -OCH3 is 2. The van der Waals surface area contributed by atoms with Crippen LogP contribution in [0.4, 0.5) is 18.9 Å². The van der Waals surface area contributed by atoms with Crippen LogP contribution in [-0.4, -0.2) is 49.7 Å². The molecule has 1 aromatic carbocycles. The fourth-order valence-corrected chi connectivity index (χ4v) is 3.80. The molecule has 1 heterocycles. The van der Waals surface area contributed by atoms with E-state index >= 15 is 0 Å². The molecule has 1 atom stereocenters. The number of halogens is 3. The van der Waals surface area contributed by atoms with E-state index in [0.717, 1.165) is 24.9 Å². The standard InChI is InChI=1S/C16H18F3N3O5S2/c1-26-11-6-8(7-23)20-15(21-11)14(28-3)9-4-5-10(17)13(27-2)12(9)22-29(24,25)16(18)19/h4-6,14,16,22-23H,7H2,1-3H3. The highest BCUT2D eigenvalue weighted by Gasteiger charge is 2.31. The van der Waals surface area contributed by atoms with Crippen molar-refractivity contribution in [1.29, 1.82) is 0 Å². The number of hydrogen-bond acceptors (Lipinski definition) is 8. The molecule has 29 heavy (non-hydrogen) atoms. The molecule has 0 radical (unpaired) electrons. The lowest BCUT2D eigenvalue weighted by atomic mass is 10.1. The summed E-state index contributed by atoms with van der Waals surface area (Å²) in [7, 11) is -2.69. The van der Waals surface area contributed by atoms with Gasteiger partial charge in [0.25, 0.3) is 10.0 Å². The second kappa shape index (κ2) is 9.50. The van der Waals surface area contributed by atoms with Gasteiger partial charge in [0.15, 0.2) is 11.6 Å². The minimum absolute atomic E-state index is 0.0807. The highest BCUT2D eigenvalue weighted by Crippen LogP contribution is 2.43. The lowest BCUT2D eigenvalue weighted by Gasteiger charge is -2.21. The molecule has 0 aliphatic rings. The highest BCUT2D eigenvalue weighted by atomic mass is 32.2. The molecule has 2 rings (SSSR count). The van der Waals surface area contributed by atoms with Gasteiger partial charge in [0, 0.05) is 11.6 Å². The van der Waals surface area contributed by atoms with Crippen LogP contribution in [0.25, 0.3) is 0 Å². The van der Waals surface area contributed by atoms with E-state index in [-0.39, 0.29) is 23.0 Å². The van der Waals surface area contributed by atoms with Gasteiger partial charge in [-0.25, -0.2) is 17.8 Å². The maximum absolute atomic E-state index is 14.2. The lowest BCUT2D eigenvalue weighted by Crippen LogP contribution is -2.22. The van der Waals surface area contributed by atoms with Gasteiger partial charge in [-0.2, -0.15) is 13.8 Å². The highest BCUT2D eigenvalue weighted by molar-refractivity contribution is 7.99. The molecule has 0 amide bonds.